The number of benzene rings is 1. The number of furan rings is 1. The van der Waals surface area contributed by atoms with E-state index in [0.717, 1.165) is 11.3 Å². The fraction of sp³-hybridized carbons (Fsp3) is 0.0833. The monoisotopic (exact) mass is 214 g/mol. The first kappa shape index (κ1) is 10.1. The molecule has 4 nitrogen and oxygen atoms in total. The molecule has 0 atom stereocenters. The van der Waals surface area contributed by atoms with Gasteiger partial charge in [0.2, 0.25) is 5.69 Å². The molecule has 2 N–H and O–H groups in total. The topological polar surface area (TPSA) is 52.8 Å². The van der Waals surface area contributed by atoms with Crippen LogP contribution in [0.15, 0.2) is 34.7 Å². The molecule has 0 radical (unpaired) electrons. The molecule has 2 aromatic rings. The van der Waals surface area contributed by atoms with Gasteiger partial charge in [-0.2, -0.15) is 0 Å². The van der Waals surface area contributed by atoms with Gasteiger partial charge in [-0.1, -0.05) is 0 Å². The van der Waals surface area contributed by atoms with Crippen molar-refractivity contribution in [2.75, 3.05) is 12.8 Å². The van der Waals surface area contributed by atoms with E-state index in [1.165, 1.54) is 0 Å². The number of hydrogen-bond donors (Lipinski definition) is 1. The summed E-state index contributed by atoms with van der Waals surface area (Å²) in [6, 6.07) is 8.98. The molecule has 0 unspecified atom stereocenters. The Bertz CT molecular complexity index is 535. The highest BCUT2D eigenvalue weighted by molar-refractivity contribution is 5.71. The van der Waals surface area contributed by atoms with Crippen molar-refractivity contribution in [3.8, 4) is 17.1 Å². The standard InChI is InChI=1S/C12H10N2O2/c1-14-10-7-11(16-12(10)13)8-3-5-9(15-2)6-4-8/h3-7H,13H2,2H3. The summed E-state index contributed by atoms with van der Waals surface area (Å²) in [5.41, 5.74) is 6.74. The summed E-state index contributed by atoms with van der Waals surface area (Å²) in [6.07, 6.45) is 0. The summed E-state index contributed by atoms with van der Waals surface area (Å²) < 4.78 is 10.3. The molecule has 0 amide bonds. The molecule has 0 aliphatic rings. The average Bonchev–Trinajstić information content (AvgIpc) is 2.71. The van der Waals surface area contributed by atoms with E-state index in [-0.39, 0.29) is 5.88 Å². The molecule has 0 fully saturated rings. The second-order valence-corrected chi connectivity index (χ2v) is 3.20. The normalized spacial score (nSPS) is 9.75. The van der Waals surface area contributed by atoms with Crippen LogP contribution in [-0.2, 0) is 0 Å². The van der Waals surface area contributed by atoms with Gasteiger partial charge in [-0.25, -0.2) is 4.85 Å². The van der Waals surface area contributed by atoms with E-state index in [9.17, 15) is 0 Å². The summed E-state index contributed by atoms with van der Waals surface area (Å²) >= 11 is 0. The van der Waals surface area contributed by atoms with Crippen LogP contribution in [0.2, 0.25) is 0 Å². The average molecular weight is 214 g/mol. The van der Waals surface area contributed by atoms with Crippen molar-refractivity contribution < 1.29 is 9.15 Å². The van der Waals surface area contributed by atoms with Crippen LogP contribution in [0, 0.1) is 6.57 Å². The van der Waals surface area contributed by atoms with Crippen molar-refractivity contribution in [2.45, 2.75) is 0 Å². The lowest BCUT2D eigenvalue weighted by molar-refractivity contribution is 0.415. The number of nitrogen functional groups attached to an aromatic ring is 1. The first-order valence-corrected chi connectivity index (χ1v) is 4.66. The van der Waals surface area contributed by atoms with Gasteiger partial charge < -0.3 is 14.9 Å². The predicted molar refractivity (Wildman–Crippen MR) is 61.4 cm³/mol. The molecule has 0 saturated heterocycles. The highest BCUT2D eigenvalue weighted by atomic mass is 16.5. The Labute approximate surface area is 93.1 Å². The van der Waals surface area contributed by atoms with Crippen molar-refractivity contribution in [1.29, 1.82) is 0 Å². The van der Waals surface area contributed by atoms with E-state index < -0.39 is 0 Å². The van der Waals surface area contributed by atoms with Gasteiger partial charge in [0.15, 0.2) is 5.88 Å². The molecule has 0 spiro atoms. The van der Waals surface area contributed by atoms with Crippen LogP contribution in [0.4, 0.5) is 11.6 Å². The SMILES string of the molecule is [C-]#[N+]c1cc(-c2ccc(OC)cc2)oc1N. The molecule has 1 aromatic carbocycles. The van der Waals surface area contributed by atoms with E-state index in [4.69, 9.17) is 21.5 Å². The van der Waals surface area contributed by atoms with Crippen LogP contribution in [0.3, 0.4) is 0 Å². The quantitative estimate of drug-likeness (QED) is 0.781. The summed E-state index contributed by atoms with van der Waals surface area (Å²) in [7, 11) is 1.61. The molecule has 0 bridgehead atoms. The Morgan fingerprint density at radius 2 is 2.00 bits per heavy atom. The maximum Gasteiger partial charge on any atom is 0.248 e. The second kappa shape index (κ2) is 3.99. The molecule has 2 rings (SSSR count). The van der Waals surface area contributed by atoms with Crippen molar-refractivity contribution in [2.24, 2.45) is 0 Å². The summed E-state index contributed by atoms with van der Waals surface area (Å²) in [5, 5.41) is 0. The summed E-state index contributed by atoms with van der Waals surface area (Å²) in [6.45, 7) is 6.89. The third-order valence-corrected chi connectivity index (χ3v) is 2.24. The Hall–Kier alpha value is -2.41. The Kier molecular flexibility index (Phi) is 2.52. The molecule has 80 valence electrons. The summed E-state index contributed by atoms with van der Waals surface area (Å²) in [5.74, 6) is 1.51. The number of rotatable bonds is 2. The Morgan fingerprint density at radius 1 is 1.31 bits per heavy atom. The van der Waals surface area contributed by atoms with Crippen LogP contribution in [0.25, 0.3) is 16.2 Å². The van der Waals surface area contributed by atoms with Gasteiger partial charge in [-0.15, -0.1) is 0 Å². The zero-order valence-corrected chi connectivity index (χ0v) is 8.73. The van der Waals surface area contributed by atoms with E-state index in [1.54, 1.807) is 13.2 Å². The van der Waals surface area contributed by atoms with Gasteiger partial charge in [0.1, 0.15) is 11.5 Å². The number of methoxy groups -OCH3 is 1. The van der Waals surface area contributed by atoms with Gasteiger partial charge >= 0.3 is 0 Å². The largest absolute Gasteiger partial charge is 0.497 e. The van der Waals surface area contributed by atoms with Crippen molar-refractivity contribution in [3.63, 3.8) is 0 Å². The number of nitrogens with zero attached hydrogens (tertiary/aromatic N) is 1. The minimum Gasteiger partial charge on any atom is -0.497 e. The van der Waals surface area contributed by atoms with Crippen molar-refractivity contribution in [3.05, 3.63) is 41.7 Å². The summed E-state index contributed by atoms with van der Waals surface area (Å²) in [4.78, 5) is 3.26. The molecule has 4 heteroatoms. The molecular formula is C12H10N2O2. The van der Waals surface area contributed by atoms with Gasteiger partial charge in [-0.05, 0) is 30.3 Å². The lowest BCUT2D eigenvalue weighted by atomic mass is 10.1. The highest BCUT2D eigenvalue weighted by Gasteiger charge is 2.09. The fourth-order valence-corrected chi connectivity index (χ4v) is 1.38. The van der Waals surface area contributed by atoms with E-state index in [1.807, 2.05) is 24.3 Å². The van der Waals surface area contributed by atoms with Crippen molar-refractivity contribution in [1.82, 2.24) is 0 Å². The third-order valence-electron chi connectivity index (χ3n) is 2.24. The maximum atomic E-state index is 6.89. The number of ether oxygens (including phenoxy) is 1. The fourth-order valence-electron chi connectivity index (χ4n) is 1.38. The zero-order chi connectivity index (χ0) is 11.5. The van der Waals surface area contributed by atoms with E-state index in [0.29, 0.717) is 11.4 Å². The van der Waals surface area contributed by atoms with Gasteiger partial charge in [0.05, 0.1) is 13.7 Å². The molecule has 0 aliphatic heterocycles. The van der Waals surface area contributed by atoms with Crippen LogP contribution in [0.5, 0.6) is 5.75 Å². The van der Waals surface area contributed by atoms with Crippen molar-refractivity contribution >= 4 is 11.6 Å². The van der Waals surface area contributed by atoms with Crippen LogP contribution < -0.4 is 10.5 Å². The molecule has 0 saturated carbocycles. The van der Waals surface area contributed by atoms with Crippen LogP contribution >= 0.6 is 0 Å². The molecule has 16 heavy (non-hydrogen) atoms. The van der Waals surface area contributed by atoms with Gasteiger partial charge in [0.25, 0.3) is 0 Å². The number of anilines is 1. The third kappa shape index (κ3) is 1.71. The minimum atomic E-state index is 0.154. The second-order valence-electron chi connectivity index (χ2n) is 3.20. The van der Waals surface area contributed by atoms with Crippen LogP contribution in [-0.4, -0.2) is 7.11 Å². The number of nitrogens with two attached hydrogens (primary N) is 1. The lowest BCUT2D eigenvalue weighted by Gasteiger charge is -2.00. The van der Waals surface area contributed by atoms with E-state index in [2.05, 4.69) is 4.85 Å². The molecule has 0 aliphatic carbocycles. The lowest BCUT2D eigenvalue weighted by Crippen LogP contribution is -1.81. The smallest absolute Gasteiger partial charge is 0.248 e. The Morgan fingerprint density at radius 3 is 2.50 bits per heavy atom. The minimum absolute atomic E-state index is 0.154. The zero-order valence-electron chi connectivity index (χ0n) is 8.73. The maximum absolute atomic E-state index is 6.89. The predicted octanol–water partition coefficient (Wildman–Crippen LogP) is 3.09. The first-order valence-electron chi connectivity index (χ1n) is 4.66. The molecular weight excluding hydrogens is 204 g/mol. The molecule has 1 aromatic heterocycles. The molecule has 1 heterocycles. The highest BCUT2D eigenvalue weighted by Crippen LogP contribution is 2.33. The van der Waals surface area contributed by atoms with Gasteiger partial charge in [0, 0.05) is 5.56 Å². The number of hydrogen-bond acceptors (Lipinski definition) is 3. The van der Waals surface area contributed by atoms with Crippen LogP contribution in [0.1, 0.15) is 0 Å². The van der Waals surface area contributed by atoms with E-state index >= 15 is 0 Å². The van der Waals surface area contributed by atoms with Gasteiger partial charge in [-0.3, -0.25) is 0 Å². The Balaban J connectivity index is 2.39. The first-order chi connectivity index (χ1) is 7.74.